The summed E-state index contributed by atoms with van der Waals surface area (Å²) in [5, 5.41) is 0. The normalized spacial score (nSPS) is 57.6. The van der Waals surface area contributed by atoms with E-state index >= 15 is 0 Å². The van der Waals surface area contributed by atoms with Gasteiger partial charge in [0.1, 0.15) is 0 Å². The first-order valence-corrected chi connectivity index (χ1v) is 12.6. The lowest BCUT2D eigenvalue weighted by Gasteiger charge is -2.57. The van der Waals surface area contributed by atoms with Crippen LogP contribution in [0.3, 0.4) is 0 Å². The van der Waals surface area contributed by atoms with Gasteiger partial charge in [0, 0.05) is 18.6 Å². The third kappa shape index (κ3) is 2.18. The molecule has 0 amide bonds. The highest BCUT2D eigenvalue weighted by Gasteiger charge is 2.66. The van der Waals surface area contributed by atoms with E-state index in [0.717, 1.165) is 47.6 Å². The highest BCUT2D eigenvalue weighted by Crippen LogP contribution is 2.69. The molecular formula is C27H41N. The van der Waals surface area contributed by atoms with Crippen LogP contribution in [0.25, 0.3) is 0 Å². The summed E-state index contributed by atoms with van der Waals surface area (Å²) in [6.45, 7) is 11.9. The van der Waals surface area contributed by atoms with E-state index in [-0.39, 0.29) is 0 Å². The van der Waals surface area contributed by atoms with E-state index in [2.05, 4.69) is 50.8 Å². The minimum atomic E-state index is 0.477. The Morgan fingerprint density at radius 3 is 2.71 bits per heavy atom. The van der Waals surface area contributed by atoms with Crippen molar-refractivity contribution in [1.29, 1.82) is 0 Å². The fraction of sp³-hybridized carbons (Fsp3) is 0.852. The topological polar surface area (TPSA) is 3.24 Å². The van der Waals surface area contributed by atoms with Gasteiger partial charge in [-0.2, -0.15) is 0 Å². The Labute approximate surface area is 173 Å². The third-order valence-electron chi connectivity index (χ3n) is 11.3. The molecule has 0 unspecified atom stereocenters. The lowest BCUT2D eigenvalue weighted by Crippen LogP contribution is -2.50. The van der Waals surface area contributed by atoms with Crippen LogP contribution in [0.5, 0.6) is 0 Å². The molecule has 0 radical (unpaired) electrons. The van der Waals surface area contributed by atoms with Crippen LogP contribution in [-0.2, 0) is 0 Å². The van der Waals surface area contributed by atoms with E-state index in [0.29, 0.717) is 10.8 Å². The Balaban J connectivity index is 1.35. The molecule has 10 atom stereocenters. The molecule has 28 heavy (non-hydrogen) atoms. The standard InChI is InChI=1S/C27H41N/c1-17-8-11-23-18(2)25-24(28(23)16-17)15-22-20-10-9-19-7-5-6-13-26(19,3)21(20)12-14-27(22,25)4/h5,7,9,17-18,20-25H,6,8,10-16H2,1-4H3/t17-,18-,20-,21+,22+,23-,24+,25+,26-,27-/m0/s1. The van der Waals surface area contributed by atoms with Gasteiger partial charge in [-0.3, -0.25) is 4.90 Å². The molecule has 2 saturated heterocycles. The highest BCUT2D eigenvalue weighted by atomic mass is 15.2. The Bertz CT molecular complexity index is 720. The molecule has 154 valence electrons. The number of hydrogen-bond donors (Lipinski definition) is 0. The van der Waals surface area contributed by atoms with Gasteiger partial charge in [0.05, 0.1) is 0 Å². The van der Waals surface area contributed by atoms with E-state index < -0.39 is 0 Å². The monoisotopic (exact) mass is 379 g/mol. The zero-order valence-electron chi connectivity index (χ0n) is 18.7. The molecule has 4 aliphatic carbocycles. The van der Waals surface area contributed by atoms with Crippen molar-refractivity contribution < 1.29 is 0 Å². The van der Waals surface area contributed by atoms with E-state index in [1.165, 1.54) is 57.9 Å². The highest BCUT2D eigenvalue weighted by molar-refractivity contribution is 5.34. The molecule has 4 fully saturated rings. The van der Waals surface area contributed by atoms with Gasteiger partial charge in [0.2, 0.25) is 0 Å². The van der Waals surface area contributed by atoms with Crippen molar-refractivity contribution in [1.82, 2.24) is 4.90 Å². The molecule has 0 aromatic rings. The van der Waals surface area contributed by atoms with Crippen LogP contribution >= 0.6 is 0 Å². The van der Waals surface area contributed by atoms with Crippen LogP contribution in [0, 0.1) is 46.3 Å². The van der Waals surface area contributed by atoms with Crippen molar-refractivity contribution in [3.8, 4) is 0 Å². The molecule has 1 nitrogen and oxygen atoms in total. The predicted molar refractivity (Wildman–Crippen MR) is 117 cm³/mol. The number of hydrogen-bond acceptors (Lipinski definition) is 1. The molecule has 0 N–H and O–H groups in total. The summed E-state index contributed by atoms with van der Waals surface area (Å²) in [5.74, 6) is 5.68. The van der Waals surface area contributed by atoms with E-state index in [9.17, 15) is 0 Å². The number of rotatable bonds is 0. The first-order chi connectivity index (χ1) is 13.4. The van der Waals surface area contributed by atoms with E-state index in [1.807, 2.05) is 0 Å². The molecule has 2 heterocycles. The molecule has 2 saturated carbocycles. The molecule has 2 aliphatic heterocycles. The summed E-state index contributed by atoms with van der Waals surface area (Å²) in [5.41, 5.74) is 2.78. The second-order valence-electron chi connectivity index (χ2n) is 12.3. The summed E-state index contributed by atoms with van der Waals surface area (Å²) in [6.07, 6.45) is 19.1. The quantitative estimate of drug-likeness (QED) is 0.467. The molecule has 6 aliphatic rings. The fourth-order valence-electron chi connectivity index (χ4n) is 10.0. The molecule has 0 bridgehead atoms. The summed E-state index contributed by atoms with van der Waals surface area (Å²) < 4.78 is 0. The van der Waals surface area contributed by atoms with Crippen molar-refractivity contribution in [2.75, 3.05) is 6.54 Å². The Kier molecular flexibility index (Phi) is 3.90. The zero-order chi connectivity index (χ0) is 19.3. The van der Waals surface area contributed by atoms with Crippen LogP contribution < -0.4 is 0 Å². The first-order valence-electron chi connectivity index (χ1n) is 12.6. The number of piperidine rings is 1. The van der Waals surface area contributed by atoms with Gasteiger partial charge in [0.25, 0.3) is 0 Å². The van der Waals surface area contributed by atoms with Crippen molar-refractivity contribution in [3.63, 3.8) is 0 Å². The maximum absolute atomic E-state index is 3.04. The van der Waals surface area contributed by atoms with Gasteiger partial charge in [0.15, 0.2) is 0 Å². The van der Waals surface area contributed by atoms with Crippen LogP contribution in [0.15, 0.2) is 23.8 Å². The van der Waals surface area contributed by atoms with Gasteiger partial charge in [-0.25, -0.2) is 0 Å². The van der Waals surface area contributed by atoms with E-state index in [4.69, 9.17) is 0 Å². The summed E-state index contributed by atoms with van der Waals surface area (Å²) in [6, 6.07) is 1.81. The van der Waals surface area contributed by atoms with Gasteiger partial charge < -0.3 is 0 Å². The number of allylic oxidation sites excluding steroid dienone is 4. The maximum Gasteiger partial charge on any atom is 0.0138 e. The smallest absolute Gasteiger partial charge is 0.0138 e. The third-order valence-corrected chi connectivity index (χ3v) is 11.3. The van der Waals surface area contributed by atoms with Crippen molar-refractivity contribution in [3.05, 3.63) is 23.8 Å². The summed E-state index contributed by atoms with van der Waals surface area (Å²) in [7, 11) is 0. The van der Waals surface area contributed by atoms with Crippen LogP contribution in [0.4, 0.5) is 0 Å². The van der Waals surface area contributed by atoms with Crippen LogP contribution in [-0.4, -0.2) is 23.5 Å². The molecular weight excluding hydrogens is 338 g/mol. The minimum absolute atomic E-state index is 0.477. The van der Waals surface area contributed by atoms with E-state index in [1.54, 1.807) is 5.57 Å². The van der Waals surface area contributed by atoms with Crippen LogP contribution in [0.2, 0.25) is 0 Å². The van der Waals surface area contributed by atoms with Crippen LogP contribution in [0.1, 0.15) is 79.1 Å². The SMILES string of the molecule is C[C@H]1CC[C@H]2[C@H](C)[C@@H]3[C@@H](C[C@@H]4[C@H]5CC=C6C=CCC[C@]6(C)[C@@H]5CC[C@]34C)N2C1. The molecule has 1 heteroatoms. The maximum atomic E-state index is 3.04. The second-order valence-corrected chi connectivity index (χ2v) is 12.3. The fourth-order valence-corrected chi connectivity index (χ4v) is 10.0. The Hall–Kier alpha value is -0.560. The Morgan fingerprint density at radius 2 is 1.86 bits per heavy atom. The van der Waals surface area contributed by atoms with Gasteiger partial charge >= 0.3 is 0 Å². The summed E-state index contributed by atoms with van der Waals surface area (Å²) in [4.78, 5) is 3.04. The average Bonchev–Trinajstić information content (AvgIpc) is 3.14. The summed E-state index contributed by atoms with van der Waals surface area (Å²) >= 11 is 0. The van der Waals surface area contributed by atoms with Crippen molar-refractivity contribution >= 4 is 0 Å². The minimum Gasteiger partial charge on any atom is -0.297 e. The van der Waals surface area contributed by atoms with Crippen molar-refractivity contribution in [2.45, 2.75) is 91.1 Å². The second kappa shape index (κ2) is 5.99. The van der Waals surface area contributed by atoms with Gasteiger partial charge in [-0.05, 0) is 103 Å². The first kappa shape index (κ1) is 18.2. The Morgan fingerprint density at radius 1 is 1.00 bits per heavy atom. The largest absolute Gasteiger partial charge is 0.297 e. The zero-order valence-corrected chi connectivity index (χ0v) is 18.7. The predicted octanol–water partition coefficient (Wildman–Crippen LogP) is 6.46. The molecule has 0 aromatic heterocycles. The average molecular weight is 380 g/mol. The molecule has 0 aromatic carbocycles. The number of nitrogens with zero attached hydrogens (tertiary/aromatic N) is 1. The van der Waals surface area contributed by atoms with Gasteiger partial charge in [-0.1, -0.05) is 45.9 Å². The van der Waals surface area contributed by atoms with Gasteiger partial charge in [-0.15, -0.1) is 0 Å². The van der Waals surface area contributed by atoms with Crippen molar-refractivity contribution in [2.24, 2.45) is 46.3 Å². The number of fused-ring (bicyclic) bond motifs is 9. The molecule has 0 spiro atoms. The lowest BCUT2D eigenvalue weighted by atomic mass is 9.47. The molecule has 6 rings (SSSR count). The lowest BCUT2D eigenvalue weighted by molar-refractivity contribution is -0.0452.